The quantitative estimate of drug-likeness (QED) is 0.739. The third-order valence-electron chi connectivity index (χ3n) is 3.26. The van der Waals surface area contributed by atoms with Gasteiger partial charge in [-0.15, -0.1) is 0 Å². The number of H-pyrrole nitrogens is 1. The van der Waals surface area contributed by atoms with Crippen LogP contribution in [0.25, 0.3) is 0 Å². The number of hydrogen-bond donors (Lipinski definition) is 3. The summed E-state index contributed by atoms with van der Waals surface area (Å²) in [5.41, 5.74) is 0.862. The molecular formula is C12H18N4O4. The Labute approximate surface area is 116 Å². The van der Waals surface area contributed by atoms with Gasteiger partial charge >= 0.3 is 12.0 Å². The predicted molar refractivity (Wildman–Crippen MR) is 69.1 cm³/mol. The van der Waals surface area contributed by atoms with Gasteiger partial charge in [0.15, 0.2) is 0 Å². The van der Waals surface area contributed by atoms with Crippen LogP contribution in [0.4, 0.5) is 4.79 Å². The minimum absolute atomic E-state index is 0.118. The van der Waals surface area contributed by atoms with Crippen LogP contribution in [0.3, 0.4) is 0 Å². The lowest BCUT2D eigenvalue weighted by Gasteiger charge is -2.35. The van der Waals surface area contributed by atoms with E-state index in [2.05, 4.69) is 15.5 Å². The monoisotopic (exact) mass is 282 g/mol. The van der Waals surface area contributed by atoms with Gasteiger partial charge in [-0.1, -0.05) is 0 Å². The Morgan fingerprint density at radius 1 is 1.70 bits per heavy atom. The number of aromatic amines is 1. The highest BCUT2D eigenvalue weighted by atomic mass is 16.5. The number of urea groups is 1. The van der Waals surface area contributed by atoms with Crippen LogP contribution >= 0.6 is 0 Å². The van der Waals surface area contributed by atoms with Gasteiger partial charge < -0.3 is 20.1 Å². The van der Waals surface area contributed by atoms with Crippen molar-refractivity contribution in [1.29, 1.82) is 0 Å². The number of rotatable bonds is 4. The van der Waals surface area contributed by atoms with Crippen molar-refractivity contribution >= 4 is 12.0 Å². The molecule has 0 radical (unpaired) electrons. The number of hydrogen-bond acceptors (Lipinski definition) is 4. The number of carboxylic acid groups (broad SMARTS) is 1. The molecule has 1 aliphatic rings. The van der Waals surface area contributed by atoms with Crippen molar-refractivity contribution in [3.8, 4) is 0 Å². The first kappa shape index (κ1) is 14.3. The zero-order chi connectivity index (χ0) is 14.5. The Morgan fingerprint density at radius 3 is 3.15 bits per heavy atom. The average molecular weight is 282 g/mol. The number of nitrogens with zero attached hydrogens (tertiary/aromatic N) is 2. The van der Waals surface area contributed by atoms with Crippen molar-refractivity contribution < 1.29 is 19.4 Å². The SMILES string of the molecule is CC(NC(=O)N1CCOCC1CC(=O)O)c1cn[nH]c1. The van der Waals surface area contributed by atoms with E-state index in [9.17, 15) is 9.59 Å². The molecule has 0 saturated carbocycles. The zero-order valence-electron chi connectivity index (χ0n) is 11.2. The summed E-state index contributed by atoms with van der Waals surface area (Å²) in [6.45, 7) is 2.90. The third-order valence-corrected chi connectivity index (χ3v) is 3.26. The van der Waals surface area contributed by atoms with E-state index in [1.807, 2.05) is 6.92 Å². The number of carboxylic acids is 1. The van der Waals surface area contributed by atoms with Crippen LogP contribution in [-0.4, -0.2) is 58.0 Å². The summed E-state index contributed by atoms with van der Waals surface area (Å²) in [5, 5.41) is 18.2. The highest BCUT2D eigenvalue weighted by molar-refractivity contribution is 5.76. The molecule has 110 valence electrons. The topological polar surface area (TPSA) is 108 Å². The molecule has 8 heteroatoms. The smallest absolute Gasteiger partial charge is 0.318 e. The van der Waals surface area contributed by atoms with Gasteiger partial charge in [-0.2, -0.15) is 5.10 Å². The van der Waals surface area contributed by atoms with Crippen LogP contribution in [0.1, 0.15) is 24.9 Å². The molecule has 0 aliphatic carbocycles. The molecule has 1 fully saturated rings. The molecule has 2 unspecified atom stereocenters. The standard InChI is InChI=1S/C12H18N4O4/c1-8(9-5-13-14-6-9)15-12(19)16-2-3-20-7-10(16)4-11(17)18/h5-6,8,10H,2-4,7H2,1H3,(H,13,14)(H,15,19)(H,17,18). The fourth-order valence-electron chi connectivity index (χ4n) is 2.14. The Morgan fingerprint density at radius 2 is 2.50 bits per heavy atom. The molecule has 1 aromatic rings. The normalized spacial score (nSPS) is 20.4. The minimum atomic E-state index is -0.943. The fourth-order valence-corrected chi connectivity index (χ4v) is 2.14. The van der Waals surface area contributed by atoms with Gasteiger partial charge in [-0.25, -0.2) is 4.79 Å². The molecular weight excluding hydrogens is 264 g/mol. The molecule has 20 heavy (non-hydrogen) atoms. The van der Waals surface area contributed by atoms with Crippen LogP contribution < -0.4 is 5.32 Å². The largest absolute Gasteiger partial charge is 0.481 e. The van der Waals surface area contributed by atoms with Crippen molar-refractivity contribution in [3.05, 3.63) is 18.0 Å². The molecule has 1 aromatic heterocycles. The van der Waals surface area contributed by atoms with Crippen molar-refractivity contribution in [2.75, 3.05) is 19.8 Å². The number of morpholine rings is 1. The Kier molecular flexibility index (Phi) is 4.57. The van der Waals surface area contributed by atoms with Crippen LogP contribution in [0, 0.1) is 0 Å². The number of nitrogens with one attached hydrogen (secondary N) is 2. The highest BCUT2D eigenvalue weighted by Crippen LogP contribution is 2.14. The first-order valence-corrected chi connectivity index (χ1v) is 6.43. The van der Waals surface area contributed by atoms with E-state index in [0.717, 1.165) is 5.56 Å². The second-order valence-electron chi connectivity index (χ2n) is 4.72. The maximum Gasteiger partial charge on any atom is 0.318 e. The number of aromatic nitrogens is 2. The van der Waals surface area contributed by atoms with Crippen molar-refractivity contribution in [2.45, 2.75) is 25.4 Å². The molecule has 3 N–H and O–H groups in total. The molecule has 8 nitrogen and oxygen atoms in total. The fraction of sp³-hybridized carbons (Fsp3) is 0.583. The van der Waals surface area contributed by atoms with E-state index in [0.29, 0.717) is 13.2 Å². The molecule has 0 aromatic carbocycles. The van der Waals surface area contributed by atoms with Gasteiger partial charge in [0.1, 0.15) is 0 Å². The molecule has 1 aliphatic heterocycles. The maximum absolute atomic E-state index is 12.2. The van der Waals surface area contributed by atoms with Crippen LogP contribution in [0.5, 0.6) is 0 Å². The first-order chi connectivity index (χ1) is 9.58. The number of ether oxygens (including phenoxy) is 1. The lowest BCUT2D eigenvalue weighted by Crippen LogP contribution is -2.53. The van der Waals surface area contributed by atoms with E-state index < -0.39 is 12.0 Å². The lowest BCUT2D eigenvalue weighted by molar-refractivity contribution is -0.139. The van der Waals surface area contributed by atoms with Gasteiger partial charge in [0, 0.05) is 18.3 Å². The van der Waals surface area contributed by atoms with Crippen molar-refractivity contribution in [3.63, 3.8) is 0 Å². The van der Waals surface area contributed by atoms with Crippen LogP contribution in [0.15, 0.2) is 12.4 Å². The summed E-state index contributed by atoms with van der Waals surface area (Å²) in [6.07, 6.45) is 3.23. The number of amides is 2. The zero-order valence-corrected chi connectivity index (χ0v) is 11.2. The van der Waals surface area contributed by atoms with Crippen molar-refractivity contribution in [1.82, 2.24) is 20.4 Å². The van der Waals surface area contributed by atoms with Gasteiger partial charge in [0.2, 0.25) is 0 Å². The minimum Gasteiger partial charge on any atom is -0.481 e. The van der Waals surface area contributed by atoms with Crippen LogP contribution in [-0.2, 0) is 9.53 Å². The highest BCUT2D eigenvalue weighted by Gasteiger charge is 2.29. The number of carbonyl (C=O) groups excluding carboxylic acids is 1. The summed E-state index contributed by atoms with van der Waals surface area (Å²) in [5.74, 6) is -0.943. The first-order valence-electron chi connectivity index (χ1n) is 6.43. The average Bonchev–Trinajstić information content (AvgIpc) is 2.92. The Balaban J connectivity index is 1.97. The third kappa shape index (κ3) is 3.47. The predicted octanol–water partition coefficient (Wildman–Crippen LogP) is 0.356. The number of aliphatic carboxylic acids is 1. The summed E-state index contributed by atoms with van der Waals surface area (Å²) in [7, 11) is 0. The van der Waals surface area contributed by atoms with E-state index in [1.165, 1.54) is 4.90 Å². The van der Waals surface area contributed by atoms with E-state index in [1.54, 1.807) is 12.4 Å². The summed E-state index contributed by atoms with van der Waals surface area (Å²) in [4.78, 5) is 24.6. The van der Waals surface area contributed by atoms with Crippen molar-refractivity contribution in [2.24, 2.45) is 0 Å². The molecule has 0 spiro atoms. The second-order valence-corrected chi connectivity index (χ2v) is 4.72. The summed E-state index contributed by atoms with van der Waals surface area (Å²) >= 11 is 0. The van der Waals surface area contributed by atoms with E-state index in [-0.39, 0.29) is 25.1 Å². The molecule has 2 rings (SSSR count). The Bertz CT molecular complexity index is 462. The van der Waals surface area contributed by atoms with Gasteiger partial charge in [0.05, 0.1) is 37.9 Å². The van der Waals surface area contributed by atoms with Gasteiger partial charge in [-0.05, 0) is 6.92 Å². The number of carbonyl (C=O) groups is 2. The lowest BCUT2D eigenvalue weighted by atomic mass is 10.1. The summed E-state index contributed by atoms with van der Waals surface area (Å²) in [6, 6.07) is -0.916. The maximum atomic E-state index is 12.2. The van der Waals surface area contributed by atoms with Gasteiger partial charge in [0.25, 0.3) is 0 Å². The second kappa shape index (κ2) is 6.38. The van der Waals surface area contributed by atoms with E-state index >= 15 is 0 Å². The molecule has 2 heterocycles. The Hall–Kier alpha value is -2.09. The summed E-state index contributed by atoms with van der Waals surface area (Å²) < 4.78 is 5.24. The molecule has 2 amide bonds. The van der Waals surface area contributed by atoms with Gasteiger partial charge in [-0.3, -0.25) is 9.89 Å². The van der Waals surface area contributed by atoms with E-state index in [4.69, 9.17) is 9.84 Å². The molecule has 1 saturated heterocycles. The van der Waals surface area contributed by atoms with Crippen LogP contribution in [0.2, 0.25) is 0 Å². The molecule has 0 bridgehead atoms. The molecule has 2 atom stereocenters.